The topological polar surface area (TPSA) is 29.5 Å². The van der Waals surface area contributed by atoms with Crippen LogP contribution in [0, 0.1) is 6.92 Å². The van der Waals surface area contributed by atoms with Gasteiger partial charge in [-0.05, 0) is 19.2 Å². The first kappa shape index (κ1) is 14.6. The van der Waals surface area contributed by atoms with Gasteiger partial charge in [-0.3, -0.25) is 9.69 Å². The molecule has 0 spiro atoms. The van der Waals surface area contributed by atoms with Gasteiger partial charge < -0.3 is 4.74 Å². The van der Waals surface area contributed by atoms with Gasteiger partial charge in [-0.2, -0.15) is 11.8 Å². The molecule has 1 heterocycles. The molecule has 0 aliphatic carbocycles. The van der Waals surface area contributed by atoms with Crippen molar-refractivity contribution in [1.82, 2.24) is 4.90 Å². The number of hydrogen-bond acceptors (Lipinski definition) is 4. The monoisotopic (exact) mass is 279 g/mol. The first-order valence-electron chi connectivity index (χ1n) is 6.64. The molecule has 0 bridgehead atoms. The lowest BCUT2D eigenvalue weighted by Gasteiger charge is -2.33. The number of aryl methyl sites for hydroxylation is 1. The Hall–Kier alpha value is -0.840. The highest BCUT2D eigenvalue weighted by Crippen LogP contribution is 2.16. The summed E-state index contributed by atoms with van der Waals surface area (Å²) in [5.74, 6) is 1.08. The third-order valence-corrected chi connectivity index (χ3v) is 4.07. The van der Waals surface area contributed by atoms with E-state index in [0.717, 1.165) is 43.2 Å². The van der Waals surface area contributed by atoms with E-state index in [1.165, 1.54) is 0 Å². The second-order valence-corrected chi connectivity index (χ2v) is 5.76. The van der Waals surface area contributed by atoms with Crippen LogP contribution >= 0.6 is 11.8 Å². The molecule has 0 radical (unpaired) electrons. The highest BCUT2D eigenvalue weighted by molar-refractivity contribution is 7.98. The second kappa shape index (κ2) is 7.08. The van der Waals surface area contributed by atoms with E-state index in [0.29, 0.717) is 0 Å². The van der Waals surface area contributed by atoms with Crippen molar-refractivity contribution in [3.05, 3.63) is 35.4 Å². The van der Waals surface area contributed by atoms with Crippen molar-refractivity contribution in [3.63, 3.8) is 0 Å². The predicted octanol–water partition coefficient (Wildman–Crippen LogP) is 2.24. The van der Waals surface area contributed by atoms with Crippen LogP contribution in [0.15, 0.2) is 24.3 Å². The van der Waals surface area contributed by atoms with Crippen molar-refractivity contribution in [2.45, 2.75) is 13.0 Å². The largest absolute Gasteiger partial charge is 0.379 e. The van der Waals surface area contributed by atoms with Crippen LogP contribution in [-0.2, 0) is 4.74 Å². The molecule has 1 aromatic rings. The molecule has 3 nitrogen and oxygen atoms in total. The van der Waals surface area contributed by atoms with Crippen molar-refractivity contribution in [2.24, 2.45) is 0 Å². The molecule has 1 aliphatic rings. The summed E-state index contributed by atoms with van der Waals surface area (Å²) in [5, 5.41) is 0. The van der Waals surface area contributed by atoms with E-state index in [2.05, 4.69) is 11.2 Å². The van der Waals surface area contributed by atoms with Crippen LogP contribution in [0.1, 0.15) is 15.9 Å². The molecule has 1 fully saturated rings. The van der Waals surface area contributed by atoms with Crippen molar-refractivity contribution in [1.29, 1.82) is 0 Å². The van der Waals surface area contributed by atoms with Gasteiger partial charge in [0.15, 0.2) is 5.78 Å². The Morgan fingerprint density at radius 3 is 2.79 bits per heavy atom. The highest BCUT2D eigenvalue weighted by atomic mass is 32.2. The molecule has 1 saturated heterocycles. The zero-order valence-electron chi connectivity index (χ0n) is 11.6. The second-order valence-electron chi connectivity index (χ2n) is 4.85. The Kier molecular flexibility index (Phi) is 5.43. The normalized spacial score (nSPS) is 18.2. The fraction of sp³-hybridized carbons (Fsp3) is 0.533. The highest BCUT2D eigenvalue weighted by Gasteiger charge is 2.27. The summed E-state index contributed by atoms with van der Waals surface area (Å²) in [6, 6.07) is 7.85. The van der Waals surface area contributed by atoms with E-state index in [4.69, 9.17) is 4.74 Å². The fourth-order valence-electron chi connectivity index (χ4n) is 2.38. The van der Waals surface area contributed by atoms with Crippen molar-refractivity contribution < 1.29 is 9.53 Å². The number of morpholine rings is 1. The number of thioether (sulfide) groups is 1. The van der Waals surface area contributed by atoms with Crippen molar-refractivity contribution in [3.8, 4) is 0 Å². The first-order valence-corrected chi connectivity index (χ1v) is 8.03. The SMILES string of the molecule is CSCC(C(=O)c1cccc(C)c1)N1CCOCC1. The van der Waals surface area contributed by atoms with Crippen LogP contribution in [0.5, 0.6) is 0 Å². The zero-order valence-corrected chi connectivity index (χ0v) is 12.4. The Labute approximate surface area is 119 Å². The third-order valence-electron chi connectivity index (χ3n) is 3.42. The molecule has 2 rings (SSSR count). The number of hydrogen-bond donors (Lipinski definition) is 0. The van der Waals surface area contributed by atoms with Gasteiger partial charge in [0.1, 0.15) is 0 Å². The summed E-state index contributed by atoms with van der Waals surface area (Å²) >= 11 is 1.73. The Balaban J connectivity index is 2.15. The van der Waals surface area contributed by atoms with Crippen LogP contribution in [-0.4, -0.2) is 55.0 Å². The minimum atomic E-state index is -0.0271. The van der Waals surface area contributed by atoms with Crippen LogP contribution in [0.4, 0.5) is 0 Å². The summed E-state index contributed by atoms with van der Waals surface area (Å²) in [4.78, 5) is 14.9. The lowest BCUT2D eigenvalue weighted by molar-refractivity contribution is 0.0217. The number of ether oxygens (including phenoxy) is 1. The van der Waals surface area contributed by atoms with Gasteiger partial charge in [0.2, 0.25) is 0 Å². The van der Waals surface area contributed by atoms with E-state index in [9.17, 15) is 4.79 Å². The maximum absolute atomic E-state index is 12.7. The van der Waals surface area contributed by atoms with Gasteiger partial charge in [-0.15, -0.1) is 0 Å². The summed E-state index contributed by atoms with van der Waals surface area (Å²) in [7, 11) is 0. The summed E-state index contributed by atoms with van der Waals surface area (Å²) in [6.45, 7) is 5.18. The van der Waals surface area contributed by atoms with Crippen LogP contribution in [0.3, 0.4) is 0 Å². The standard InChI is InChI=1S/C15H21NO2S/c1-12-4-3-5-13(10-12)15(17)14(11-19-2)16-6-8-18-9-7-16/h3-5,10,14H,6-9,11H2,1-2H3. The quantitative estimate of drug-likeness (QED) is 0.773. The predicted molar refractivity (Wildman–Crippen MR) is 80.1 cm³/mol. The number of carbonyl (C=O) groups excluding carboxylic acids is 1. The van der Waals surface area contributed by atoms with E-state index >= 15 is 0 Å². The minimum Gasteiger partial charge on any atom is -0.379 e. The molecule has 1 aromatic carbocycles. The van der Waals surface area contributed by atoms with Gasteiger partial charge in [0, 0.05) is 24.4 Å². The first-order chi connectivity index (χ1) is 9.22. The average molecular weight is 279 g/mol. The number of Topliss-reactive ketones (excluding diaryl/α,β-unsaturated/α-hetero) is 1. The summed E-state index contributed by atoms with van der Waals surface area (Å²) < 4.78 is 5.37. The molecule has 1 atom stereocenters. The van der Waals surface area contributed by atoms with Gasteiger partial charge in [0.05, 0.1) is 19.3 Å². The molecular formula is C15H21NO2S. The van der Waals surface area contributed by atoms with Gasteiger partial charge in [-0.1, -0.05) is 23.8 Å². The summed E-state index contributed by atoms with van der Waals surface area (Å²) in [5.41, 5.74) is 1.96. The fourth-order valence-corrected chi connectivity index (χ4v) is 3.06. The van der Waals surface area contributed by atoms with E-state index in [-0.39, 0.29) is 11.8 Å². The van der Waals surface area contributed by atoms with Gasteiger partial charge >= 0.3 is 0 Å². The summed E-state index contributed by atoms with van der Waals surface area (Å²) in [6.07, 6.45) is 2.05. The van der Waals surface area contributed by atoms with Crippen LogP contribution < -0.4 is 0 Å². The molecule has 19 heavy (non-hydrogen) atoms. The Bertz CT molecular complexity index is 430. The molecule has 0 N–H and O–H groups in total. The maximum Gasteiger partial charge on any atom is 0.180 e. The molecule has 0 aromatic heterocycles. The number of ketones is 1. The third kappa shape index (κ3) is 3.81. The number of rotatable bonds is 5. The number of nitrogens with zero attached hydrogens (tertiary/aromatic N) is 1. The number of benzene rings is 1. The molecule has 104 valence electrons. The molecule has 1 unspecified atom stereocenters. The van der Waals surface area contributed by atoms with Crippen LogP contribution in [0.25, 0.3) is 0 Å². The van der Waals surface area contributed by atoms with Crippen molar-refractivity contribution in [2.75, 3.05) is 38.3 Å². The lowest BCUT2D eigenvalue weighted by atomic mass is 10.0. The smallest absolute Gasteiger partial charge is 0.180 e. The zero-order chi connectivity index (χ0) is 13.7. The maximum atomic E-state index is 12.7. The molecule has 0 saturated carbocycles. The van der Waals surface area contributed by atoms with E-state index in [1.54, 1.807) is 11.8 Å². The van der Waals surface area contributed by atoms with Gasteiger partial charge in [-0.25, -0.2) is 0 Å². The lowest BCUT2D eigenvalue weighted by Crippen LogP contribution is -2.48. The minimum absolute atomic E-state index is 0.0271. The van der Waals surface area contributed by atoms with Gasteiger partial charge in [0.25, 0.3) is 0 Å². The van der Waals surface area contributed by atoms with Crippen LogP contribution in [0.2, 0.25) is 0 Å². The van der Waals surface area contributed by atoms with Crippen molar-refractivity contribution >= 4 is 17.5 Å². The molecule has 4 heteroatoms. The Morgan fingerprint density at radius 1 is 1.42 bits per heavy atom. The van der Waals surface area contributed by atoms with E-state index in [1.807, 2.05) is 31.2 Å². The molecule has 1 aliphatic heterocycles. The number of carbonyl (C=O) groups is 1. The van der Waals surface area contributed by atoms with E-state index < -0.39 is 0 Å². The molecule has 0 amide bonds. The molecular weight excluding hydrogens is 258 g/mol. The average Bonchev–Trinajstić information content (AvgIpc) is 2.45. The Morgan fingerprint density at radius 2 is 2.16 bits per heavy atom.